The van der Waals surface area contributed by atoms with E-state index in [1.54, 1.807) is 0 Å². The Morgan fingerprint density at radius 3 is 2.64 bits per heavy atom. The predicted octanol–water partition coefficient (Wildman–Crippen LogP) is 1.93. The van der Waals surface area contributed by atoms with Crippen molar-refractivity contribution in [3.05, 3.63) is 0 Å². The number of rotatable bonds is 3. The van der Waals surface area contributed by atoms with Crippen LogP contribution in [0.3, 0.4) is 0 Å². The van der Waals surface area contributed by atoms with E-state index < -0.39 is 0 Å². The van der Waals surface area contributed by atoms with Crippen molar-refractivity contribution in [2.75, 3.05) is 6.54 Å². The summed E-state index contributed by atoms with van der Waals surface area (Å²) in [5.74, 6) is 1.67. The summed E-state index contributed by atoms with van der Waals surface area (Å²) in [6.45, 7) is 3.46. The molecule has 82 valence electrons. The van der Waals surface area contributed by atoms with E-state index >= 15 is 0 Å². The fraction of sp³-hybridized carbons (Fsp3) is 1.00. The van der Waals surface area contributed by atoms with Crippen LogP contribution >= 0.6 is 0 Å². The van der Waals surface area contributed by atoms with E-state index in [0.717, 1.165) is 37.3 Å². The summed E-state index contributed by atoms with van der Waals surface area (Å²) in [6.07, 6.45) is 7.27. The van der Waals surface area contributed by atoms with Crippen molar-refractivity contribution in [1.82, 2.24) is 5.32 Å². The highest BCUT2D eigenvalue weighted by Gasteiger charge is 2.26. The van der Waals surface area contributed by atoms with Gasteiger partial charge in [0, 0.05) is 6.04 Å². The van der Waals surface area contributed by atoms with Gasteiger partial charge in [0.15, 0.2) is 0 Å². The Labute approximate surface area is 87.1 Å². The predicted molar refractivity (Wildman–Crippen MR) is 58.2 cm³/mol. The lowest BCUT2D eigenvalue weighted by atomic mass is 9.81. The van der Waals surface area contributed by atoms with E-state index in [-0.39, 0.29) is 6.10 Å². The van der Waals surface area contributed by atoms with Gasteiger partial charge < -0.3 is 10.4 Å². The SMILES string of the molecule is CC1CC(NCC2CCCC(O)C2)C1. The second-order valence-electron chi connectivity index (χ2n) is 5.37. The Balaban J connectivity index is 1.60. The Kier molecular flexibility index (Phi) is 3.45. The van der Waals surface area contributed by atoms with Crippen molar-refractivity contribution >= 4 is 0 Å². The van der Waals surface area contributed by atoms with Gasteiger partial charge in [0.1, 0.15) is 0 Å². The molecular weight excluding hydrogens is 174 g/mol. The van der Waals surface area contributed by atoms with Crippen LogP contribution in [0.4, 0.5) is 0 Å². The van der Waals surface area contributed by atoms with Gasteiger partial charge in [0.2, 0.25) is 0 Å². The molecule has 2 unspecified atom stereocenters. The highest BCUT2D eigenvalue weighted by molar-refractivity contribution is 4.84. The number of nitrogens with one attached hydrogen (secondary N) is 1. The van der Waals surface area contributed by atoms with Crippen LogP contribution < -0.4 is 5.32 Å². The molecule has 2 aliphatic carbocycles. The molecule has 0 aromatic rings. The van der Waals surface area contributed by atoms with Gasteiger partial charge in [-0.05, 0) is 50.5 Å². The van der Waals surface area contributed by atoms with Crippen LogP contribution in [0.1, 0.15) is 45.4 Å². The minimum Gasteiger partial charge on any atom is -0.393 e. The van der Waals surface area contributed by atoms with Crippen molar-refractivity contribution in [2.24, 2.45) is 11.8 Å². The van der Waals surface area contributed by atoms with Gasteiger partial charge in [-0.2, -0.15) is 0 Å². The molecule has 0 aliphatic heterocycles. The number of hydrogen-bond acceptors (Lipinski definition) is 2. The van der Waals surface area contributed by atoms with Crippen LogP contribution in [0.25, 0.3) is 0 Å². The van der Waals surface area contributed by atoms with E-state index in [9.17, 15) is 5.11 Å². The summed E-state index contributed by atoms with van der Waals surface area (Å²) < 4.78 is 0. The minimum absolute atomic E-state index is 0.0177. The van der Waals surface area contributed by atoms with Gasteiger partial charge in [0.25, 0.3) is 0 Å². The van der Waals surface area contributed by atoms with E-state index in [1.807, 2.05) is 0 Å². The van der Waals surface area contributed by atoms with Crippen LogP contribution in [0.5, 0.6) is 0 Å². The zero-order chi connectivity index (χ0) is 9.97. The maximum absolute atomic E-state index is 9.53. The first-order chi connectivity index (χ1) is 6.74. The summed E-state index contributed by atoms with van der Waals surface area (Å²) in [4.78, 5) is 0. The van der Waals surface area contributed by atoms with Crippen LogP contribution in [-0.4, -0.2) is 23.8 Å². The molecule has 0 aromatic heterocycles. The smallest absolute Gasteiger partial charge is 0.0543 e. The third kappa shape index (κ3) is 2.71. The number of hydrogen-bond donors (Lipinski definition) is 2. The van der Waals surface area contributed by atoms with Crippen molar-refractivity contribution in [3.63, 3.8) is 0 Å². The third-order valence-electron chi connectivity index (χ3n) is 3.82. The molecular formula is C12H23NO. The molecule has 2 rings (SSSR count). The Bertz CT molecular complexity index is 177. The lowest BCUT2D eigenvalue weighted by molar-refractivity contribution is 0.0965. The fourth-order valence-corrected chi connectivity index (χ4v) is 2.85. The van der Waals surface area contributed by atoms with Gasteiger partial charge in [-0.1, -0.05) is 13.3 Å². The maximum Gasteiger partial charge on any atom is 0.0543 e. The highest BCUT2D eigenvalue weighted by Crippen LogP contribution is 2.28. The molecule has 0 bridgehead atoms. The summed E-state index contributed by atoms with van der Waals surface area (Å²) in [5.41, 5.74) is 0. The zero-order valence-electron chi connectivity index (χ0n) is 9.21. The van der Waals surface area contributed by atoms with Crippen LogP contribution in [0, 0.1) is 11.8 Å². The average molecular weight is 197 g/mol. The maximum atomic E-state index is 9.53. The van der Waals surface area contributed by atoms with E-state index in [2.05, 4.69) is 12.2 Å². The van der Waals surface area contributed by atoms with Crippen molar-refractivity contribution in [3.8, 4) is 0 Å². The molecule has 0 aromatic carbocycles. The Hall–Kier alpha value is -0.0800. The Morgan fingerprint density at radius 1 is 1.21 bits per heavy atom. The quantitative estimate of drug-likeness (QED) is 0.724. The molecule has 2 fully saturated rings. The van der Waals surface area contributed by atoms with Gasteiger partial charge in [-0.25, -0.2) is 0 Å². The number of aliphatic hydroxyl groups excluding tert-OH is 1. The molecule has 2 heteroatoms. The van der Waals surface area contributed by atoms with Crippen molar-refractivity contribution in [2.45, 2.75) is 57.6 Å². The molecule has 2 nitrogen and oxygen atoms in total. The molecule has 2 aliphatic rings. The number of aliphatic hydroxyl groups is 1. The normalized spacial score (nSPS) is 43.3. The first-order valence-electron chi connectivity index (χ1n) is 6.15. The molecule has 2 saturated carbocycles. The largest absolute Gasteiger partial charge is 0.393 e. The lowest BCUT2D eigenvalue weighted by Crippen LogP contribution is -2.43. The van der Waals surface area contributed by atoms with Gasteiger partial charge in [-0.15, -0.1) is 0 Å². The molecule has 0 radical (unpaired) electrons. The first kappa shape index (κ1) is 10.4. The molecule has 0 heterocycles. The van der Waals surface area contributed by atoms with Gasteiger partial charge in [0.05, 0.1) is 6.10 Å². The molecule has 2 N–H and O–H groups in total. The van der Waals surface area contributed by atoms with E-state index in [1.165, 1.54) is 25.7 Å². The molecule has 0 spiro atoms. The van der Waals surface area contributed by atoms with Crippen LogP contribution in [-0.2, 0) is 0 Å². The molecule has 2 atom stereocenters. The van der Waals surface area contributed by atoms with Gasteiger partial charge in [-0.3, -0.25) is 0 Å². The van der Waals surface area contributed by atoms with Crippen molar-refractivity contribution < 1.29 is 5.11 Å². The lowest BCUT2D eigenvalue weighted by Gasteiger charge is -2.35. The second-order valence-corrected chi connectivity index (χ2v) is 5.37. The zero-order valence-corrected chi connectivity index (χ0v) is 9.21. The molecule has 14 heavy (non-hydrogen) atoms. The molecule has 0 saturated heterocycles. The molecule has 0 amide bonds. The van der Waals surface area contributed by atoms with Crippen LogP contribution in [0.2, 0.25) is 0 Å². The average Bonchev–Trinajstić information content (AvgIpc) is 2.11. The van der Waals surface area contributed by atoms with E-state index in [0.29, 0.717) is 0 Å². The summed E-state index contributed by atoms with van der Waals surface area (Å²) >= 11 is 0. The van der Waals surface area contributed by atoms with E-state index in [4.69, 9.17) is 0 Å². The standard InChI is InChI=1S/C12H23NO/c1-9-5-11(6-9)13-8-10-3-2-4-12(14)7-10/h9-14H,2-8H2,1H3. The highest BCUT2D eigenvalue weighted by atomic mass is 16.3. The van der Waals surface area contributed by atoms with Crippen molar-refractivity contribution in [1.29, 1.82) is 0 Å². The Morgan fingerprint density at radius 2 is 2.00 bits per heavy atom. The first-order valence-corrected chi connectivity index (χ1v) is 6.15. The monoisotopic (exact) mass is 197 g/mol. The third-order valence-corrected chi connectivity index (χ3v) is 3.82. The van der Waals surface area contributed by atoms with Gasteiger partial charge >= 0.3 is 0 Å². The minimum atomic E-state index is -0.0177. The second kappa shape index (κ2) is 4.63. The van der Waals surface area contributed by atoms with Crippen LogP contribution in [0.15, 0.2) is 0 Å². The summed E-state index contributed by atoms with van der Waals surface area (Å²) in [6, 6.07) is 0.782. The summed E-state index contributed by atoms with van der Waals surface area (Å²) in [5, 5.41) is 13.2. The fourth-order valence-electron chi connectivity index (χ4n) is 2.85. The summed E-state index contributed by atoms with van der Waals surface area (Å²) in [7, 11) is 0. The topological polar surface area (TPSA) is 32.3 Å².